The molecule has 0 saturated carbocycles. The fourth-order valence-electron chi connectivity index (χ4n) is 3.47. The maximum atomic E-state index is 10.2. The lowest BCUT2D eigenvalue weighted by molar-refractivity contribution is 0.00646. The number of methoxy groups -OCH3 is 1. The maximum absolute atomic E-state index is 10.2. The molecule has 0 amide bonds. The fraction of sp³-hybridized carbons (Fsp3) is 0.526. The van der Waals surface area contributed by atoms with Crippen molar-refractivity contribution in [2.75, 3.05) is 25.1 Å². The second-order valence-electron chi connectivity index (χ2n) is 7.10. The normalized spacial score (nSPS) is 16.8. The van der Waals surface area contributed by atoms with E-state index in [2.05, 4.69) is 24.0 Å². The topological polar surface area (TPSA) is 45.6 Å². The van der Waals surface area contributed by atoms with E-state index in [-0.39, 0.29) is 0 Å². The average molecular weight is 314 g/mol. The number of rotatable bonds is 3. The zero-order valence-electron chi connectivity index (χ0n) is 14.5. The Morgan fingerprint density at radius 3 is 2.52 bits per heavy atom. The van der Waals surface area contributed by atoms with Crippen LogP contribution in [0.15, 0.2) is 24.3 Å². The van der Waals surface area contributed by atoms with Crippen molar-refractivity contribution in [3.63, 3.8) is 0 Å². The van der Waals surface area contributed by atoms with Gasteiger partial charge in [0, 0.05) is 24.5 Å². The number of hydrogen-bond donors (Lipinski definition) is 1. The van der Waals surface area contributed by atoms with Crippen LogP contribution in [0, 0.1) is 12.8 Å². The third-order valence-electron chi connectivity index (χ3n) is 5.03. The van der Waals surface area contributed by atoms with Crippen LogP contribution in [-0.4, -0.2) is 35.9 Å². The van der Waals surface area contributed by atoms with Gasteiger partial charge in [-0.2, -0.15) is 0 Å². The summed E-state index contributed by atoms with van der Waals surface area (Å²) in [4.78, 5) is 7.17. The largest absolute Gasteiger partial charge is 0.497 e. The highest BCUT2D eigenvalue weighted by molar-refractivity contribution is 5.85. The highest BCUT2D eigenvalue weighted by Crippen LogP contribution is 2.31. The van der Waals surface area contributed by atoms with Gasteiger partial charge in [-0.15, -0.1) is 0 Å². The number of fused-ring (bicyclic) bond motifs is 1. The number of nitrogens with zero attached hydrogens (tertiary/aromatic N) is 2. The van der Waals surface area contributed by atoms with Gasteiger partial charge in [-0.3, -0.25) is 0 Å². The summed E-state index contributed by atoms with van der Waals surface area (Å²) in [5.74, 6) is 2.22. The van der Waals surface area contributed by atoms with E-state index in [9.17, 15) is 5.11 Å². The van der Waals surface area contributed by atoms with Crippen LogP contribution in [0.25, 0.3) is 10.9 Å². The molecule has 0 unspecified atom stereocenters. The lowest BCUT2D eigenvalue weighted by Gasteiger charge is -2.38. The molecule has 124 valence electrons. The van der Waals surface area contributed by atoms with Crippen LogP contribution < -0.4 is 9.64 Å². The van der Waals surface area contributed by atoms with Crippen LogP contribution in [0.3, 0.4) is 0 Å². The fourth-order valence-corrected chi connectivity index (χ4v) is 3.47. The molecule has 1 aliphatic rings. The number of piperidine rings is 1. The Kier molecular flexibility index (Phi) is 4.19. The summed E-state index contributed by atoms with van der Waals surface area (Å²) in [6.45, 7) is 7.84. The Hall–Kier alpha value is -1.81. The molecule has 1 fully saturated rings. The number of benzene rings is 1. The predicted octanol–water partition coefficient (Wildman–Crippen LogP) is 3.54. The highest BCUT2D eigenvalue weighted by Gasteiger charge is 2.30. The number of aliphatic hydroxyl groups is 1. The van der Waals surface area contributed by atoms with Crippen LogP contribution in [0.2, 0.25) is 0 Å². The third kappa shape index (κ3) is 3.27. The first kappa shape index (κ1) is 16.1. The predicted molar refractivity (Wildman–Crippen MR) is 94.3 cm³/mol. The van der Waals surface area contributed by atoms with Crippen LogP contribution in [0.1, 0.15) is 32.3 Å². The van der Waals surface area contributed by atoms with Gasteiger partial charge in [0.25, 0.3) is 0 Å². The van der Waals surface area contributed by atoms with Gasteiger partial charge in [0.15, 0.2) is 0 Å². The molecular formula is C19H26N2O2. The second kappa shape index (κ2) is 6.00. The van der Waals surface area contributed by atoms with Gasteiger partial charge in [-0.25, -0.2) is 4.98 Å². The standard InChI is InChI=1S/C19H26N2O2/c1-13-11-18(20-17-12-15(23-4)5-6-16(13)17)21-9-7-14(8-10-21)19(2,3)22/h5-6,11-12,14,22H,7-10H2,1-4H3. The van der Waals surface area contributed by atoms with E-state index in [1.165, 1.54) is 10.9 Å². The van der Waals surface area contributed by atoms with Gasteiger partial charge >= 0.3 is 0 Å². The molecule has 1 aromatic heterocycles. The summed E-state index contributed by atoms with van der Waals surface area (Å²) in [5, 5.41) is 11.4. The van der Waals surface area contributed by atoms with Crippen molar-refractivity contribution in [3.05, 3.63) is 29.8 Å². The van der Waals surface area contributed by atoms with E-state index in [0.29, 0.717) is 5.92 Å². The Morgan fingerprint density at radius 2 is 1.91 bits per heavy atom. The highest BCUT2D eigenvalue weighted by atomic mass is 16.5. The van der Waals surface area contributed by atoms with Crippen LogP contribution in [-0.2, 0) is 0 Å². The maximum Gasteiger partial charge on any atom is 0.129 e. The lowest BCUT2D eigenvalue weighted by atomic mass is 9.83. The zero-order chi connectivity index (χ0) is 16.6. The summed E-state index contributed by atoms with van der Waals surface area (Å²) in [6, 6.07) is 8.21. The number of anilines is 1. The van der Waals surface area contributed by atoms with Crippen molar-refractivity contribution >= 4 is 16.7 Å². The van der Waals surface area contributed by atoms with Crippen molar-refractivity contribution in [2.45, 2.75) is 39.2 Å². The number of aryl methyl sites for hydroxylation is 1. The molecule has 0 atom stereocenters. The molecule has 1 aliphatic heterocycles. The Labute approximate surface area is 138 Å². The average Bonchev–Trinajstić information content (AvgIpc) is 2.53. The molecule has 1 aromatic carbocycles. The molecule has 2 heterocycles. The summed E-state index contributed by atoms with van der Waals surface area (Å²) in [5.41, 5.74) is 1.62. The molecule has 2 aromatic rings. The van der Waals surface area contributed by atoms with E-state index in [0.717, 1.165) is 43.0 Å². The first-order valence-corrected chi connectivity index (χ1v) is 8.31. The van der Waals surface area contributed by atoms with Crippen LogP contribution >= 0.6 is 0 Å². The minimum Gasteiger partial charge on any atom is -0.497 e. The van der Waals surface area contributed by atoms with Gasteiger partial charge in [-0.05, 0) is 63.3 Å². The van der Waals surface area contributed by atoms with Gasteiger partial charge < -0.3 is 14.7 Å². The summed E-state index contributed by atoms with van der Waals surface area (Å²) in [7, 11) is 1.68. The van der Waals surface area contributed by atoms with E-state index in [4.69, 9.17) is 9.72 Å². The van der Waals surface area contributed by atoms with Crippen LogP contribution in [0.5, 0.6) is 5.75 Å². The minimum atomic E-state index is -0.591. The molecular weight excluding hydrogens is 288 g/mol. The number of hydrogen-bond acceptors (Lipinski definition) is 4. The smallest absolute Gasteiger partial charge is 0.129 e. The molecule has 0 aliphatic carbocycles. The first-order valence-electron chi connectivity index (χ1n) is 8.31. The molecule has 23 heavy (non-hydrogen) atoms. The van der Waals surface area contributed by atoms with Crippen molar-refractivity contribution in [3.8, 4) is 5.75 Å². The Balaban J connectivity index is 1.86. The quantitative estimate of drug-likeness (QED) is 0.941. The first-order chi connectivity index (χ1) is 10.9. The molecule has 1 saturated heterocycles. The Morgan fingerprint density at radius 1 is 1.22 bits per heavy atom. The molecule has 1 N–H and O–H groups in total. The van der Waals surface area contributed by atoms with Gasteiger partial charge in [-0.1, -0.05) is 0 Å². The number of ether oxygens (including phenoxy) is 1. The van der Waals surface area contributed by atoms with Crippen molar-refractivity contribution in [2.24, 2.45) is 5.92 Å². The molecule has 0 bridgehead atoms. The molecule has 4 nitrogen and oxygen atoms in total. The summed E-state index contributed by atoms with van der Waals surface area (Å²) < 4.78 is 5.32. The summed E-state index contributed by atoms with van der Waals surface area (Å²) in [6.07, 6.45) is 2.00. The van der Waals surface area contributed by atoms with E-state index in [1.807, 2.05) is 26.0 Å². The van der Waals surface area contributed by atoms with E-state index in [1.54, 1.807) is 7.11 Å². The number of aromatic nitrogens is 1. The third-order valence-corrected chi connectivity index (χ3v) is 5.03. The van der Waals surface area contributed by atoms with E-state index >= 15 is 0 Å². The molecule has 0 radical (unpaired) electrons. The van der Waals surface area contributed by atoms with E-state index < -0.39 is 5.60 Å². The Bertz CT molecular complexity index is 698. The minimum absolute atomic E-state index is 0.361. The second-order valence-corrected chi connectivity index (χ2v) is 7.10. The monoisotopic (exact) mass is 314 g/mol. The zero-order valence-corrected chi connectivity index (χ0v) is 14.5. The van der Waals surface area contributed by atoms with Crippen molar-refractivity contribution in [1.82, 2.24) is 4.98 Å². The van der Waals surface area contributed by atoms with Crippen molar-refractivity contribution in [1.29, 1.82) is 0 Å². The van der Waals surface area contributed by atoms with Gasteiger partial charge in [0.2, 0.25) is 0 Å². The molecule has 4 heteroatoms. The van der Waals surface area contributed by atoms with Crippen molar-refractivity contribution < 1.29 is 9.84 Å². The molecule has 3 rings (SSSR count). The van der Waals surface area contributed by atoms with Gasteiger partial charge in [0.05, 0.1) is 18.2 Å². The SMILES string of the molecule is COc1ccc2c(C)cc(N3CCC(C(C)(C)O)CC3)nc2c1. The lowest BCUT2D eigenvalue weighted by Crippen LogP contribution is -2.42. The summed E-state index contributed by atoms with van der Waals surface area (Å²) >= 11 is 0. The van der Waals surface area contributed by atoms with Crippen LogP contribution in [0.4, 0.5) is 5.82 Å². The molecule has 0 spiro atoms. The number of pyridine rings is 1. The van der Waals surface area contributed by atoms with Gasteiger partial charge in [0.1, 0.15) is 11.6 Å².